The lowest BCUT2D eigenvalue weighted by Crippen LogP contribution is -1.97. The van der Waals surface area contributed by atoms with E-state index < -0.39 is 6.10 Å². The maximum atomic E-state index is 12.5. The predicted molar refractivity (Wildman–Crippen MR) is 57.3 cm³/mol. The van der Waals surface area contributed by atoms with Crippen molar-refractivity contribution in [1.29, 1.82) is 0 Å². The van der Waals surface area contributed by atoms with E-state index in [4.69, 9.17) is 11.6 Å². The number of nitrogens with zero attached hydrogens (tertiary/aromatic N) is 3. The number of aromatic nitrogens is 3. The molecule has 0 amide bonds. The minimum Gasteiger partial charge on any atom is -0.389 e. The number of hydrogen-bond donors (Lipinski definition) is 1. The Labute approximate surface area is 94.5 Å². The van der Waals surface area contributed by atoms with Crippen molar-refractivity contribution in [3.05, 3.63) is 23.1 Å². The zero-order chi connectivity index (χ0) is 11.0. The number of fused-ring (bicyclic) bond motifs is 1. The Balaban J connectivity index is 2.81. The lowest BCUT2D eigenvalue weighted by atomic mass is 10.1. The standard InChI is InChI=1S/C8H7ClFN3OS/c1-4(14)5-2-11-8(9)6-3-12-13(15-10)7(5)6/h2-4,14H,1H3. The summed E-state index contributed by atoms with van der Waals surface area (Å²) in [4.78, 5) is 3.90. The Morgan fingerprint density at radius 3 is 2.93 bits per heavy atom. The van der Waals surface area contributed by atoms with Crippen molar-refractivity contribution in [2.45, 2.75) is 13.0 Å². The van der Waals surface area contributed by atoms with Crippen molar-refractivity contribution in [2.75, 3.05) is 0 Å². The number of aliphatic hydroxyl groups excluding tert-OH is 1. The van der Waals surface area contributed by atoms with Crippen LogP contribution in [0.1, 0.15) is 18.6 Å². The second-order valence-electron chi connectivity index (χ2n) is 3.03. The maximum Gasteiger partial charge on any atom is 0.188 e. The van der Waals surface area contributed by atoms with Crippen LogP contribution in [0.15, 0.2) is 12.4 Å². The number of aliphatic hydroxyl groups is 1. The van der Waals surface area contributed by atoms with Crippen LogP contribution in [0.3, 0.4) is 0 Å². The summed E-state index contributed by atoms with van der Waals surface area (Å²) in [6.07, 6.45) is 2.09. The molecule has 1 unspecified atom stereocenters. The first kappa shape index (κ1) is 10.7. The fourth-order valence-electron chi connectivity index (χ4n) is 1.36. The summed E-state index contributed by atoms with van der Waals surface area (Å²) in [6, 6.07) is 0. The largest absolute Gasteiger partial charge is 0.389 e. The zero-order valence-corrected chi connectivity index (χ0v) is 9.26. The molecule has 2 aromatic rings. The highest BCUT2D eigenvalue weighted by molar-refractivity contribution is 7.92. The number of halogens is 2. The van der Waals surface area contributed by atoms with Gasteiger partial charge in [-0.05, 0) is 6.92 Å². The summed E-state index contributed by atoms with van der Waals surface area (Å²) in [6.45, 7) is 1.57. The summed E-state index contributed by atoms with van der Waals surface area (Å²) in [5.74, 6) is 0. The zero-order valence-electron chi connectivity index (χ0n) is 7.69. The van der Waals surface area contributed by atoms with E-state index in [1.165, 1.54) is 12.4 Å². The number of rotatable bonds is 2. The van der Waals surface area contributed by atoms with Crippen LogP contribution in [0.4, 0.5) is 3.89 Å². The third kappa shape index (κ3) is 1.68. The van der Waals surface area contributed by atoms with Gasteiger partial charge in [0.1, 0.15) is 5.15 Å². The molecule has 7 heteroatoms. The Morgan fingerprint density at radius 2 is 2.33 bits per heavy atom. The molecule has 0 aromatic carbocycles. The number of hydrogen-bond acceptors (Lipinski definition) is 4. The molecule has 0 fully saturated rings. The van der Waals surface area contributed by atoms with Crippen LogP contribution in [0.25, 0.3) is 10.9 Å². The van der Waals surface area contributed by atoms with Gasteiger partial charge in [-0.15, -0.1) is 3.89 Å². The normalized spacial score (nSPS) is 13.3. The van der Waals surface area contributed by atoms with Gasteiger partial charge in [-0.25, -0.2) is 4.98 Å². The highest BCUT2D eigenvalue weighted by Gasteiger charge is 2.15. The SMILES string of the molecule is CC(O)c1cnc(Cl)c2cnn(SF)c12. The summed E-state index contributed by atoms with van der Waals surface area (Å²) < 4.78 is 13.6. The van der Waals surface area contributed by atoms with Crippen molar-refractivity contribution in [3.8, 4) is 0 Å². The fourth-order valence-corrected chi connectivity index (χ4v) is 1.91. The molecule has 0 saturated heterocycles. The van der Waals surface area contributed by atoms with Crippen molar-refractivity contribution in [1.82, 2.24) is 14.2 Å². The average molecular weight is 248 g/mol. The van der Waals surface area contributed by atoms with Gasteiger partial charge < -0.3 is 5.11 Å². The van der Waals surface area contributed by atoms with E-state index in [0.717, 1.165) is 4.09 Å². The second-order valence-corrected chi connectivity index (χ2v) is 3.87. The van der Waals surface area contributed by atoms with Crippen LogP contribution in [0.2, 0.25) is 5.15 Å². The Morgan fingerprint density at radius 1 is 1.60 bits per heavy atom. The topological polar surface area (TPSA) is 50.9 Å². The van der Waals surface area contributed by atoms with Crippen molar-refractivity contribution in [2.24, 2.45) is 0 Å². The molecule has 0 radical (unpaired) electrons. The van der Waals surface area contributed by atoms with Gasteiger partial charge in [-0.2, -0.15) is 9.19 Å². The van der Waals surface area contributed by atoms with Crippen LogP contribution in [0, 0.1) is 0 Å². The van der Waals surface area contributed by atoms with Gasteiger partial charge in [-0.3, -0.25) is 0 Å². The molecule has 2 aromatic heterocycles. The molecular formula is C8H7ClFN3OS. The molecule has 0 saturated carbocycles. The molecule has 2 heterocycles. The van der Waals surface area contributed by atoms with Crippen molar-refractivity contribution < 1.29 is 8.99 Å². The molecule has 15 heavy (non-hydrogen) atoms. The van der Waals surface area contributed by atoms with Gasteiger partial charge >= 0.3 is 0 Å². The smallest absolute Gasteiger partial charge is 0.188 e. The van der Waals surface area contributed by atoms with E-state index in [1.54, 1.807) is 6.92 Å². The minimum atomic E-state index is -0.750. The van der Waals surface area contributed by atoms with Crippen LogP contribution in [-0.2, 0) is 0 Å². The highest BCUT2D eigenvalue weighted by Crippen LogP contribution is 2.30. The minimum absolute atomic E-state index is 0.0467. The molecule has 1 atom stereocenters. The van der Waals surface area contributed by atoms with E-state index in [-0.39, 0.29) is 17.5 Å². The van der Waals surface area contributed by atoms with Gasteiger partial charge in [0.15, 0.2) is 12.3 Å². The van der Waals surface area contributed by atoms with Crippen LogP contribution in [0.5, 0.6) is 0 Å². The van der Waals surface area contributed by atoms with Gasteiger partial charge in [-0.1, -0.05) is 11.6 Å². The van der Waals surface area contributed by atoms with Crippen LogP contribution < -0.4 is 0 Å². The van der Waals surface area contributed by atoms with E-state index >= 15 is 0 Å². The first-order valence-electron chi connectivity index (χ1n) is 4.14. The van der Waals surface area contributed by atoms with Crippen molar-refractivity contribution in [3.63, 3.8) is 0 Å². The summed E-state index contributed by atoms with van der Waals surface area (Å²) in [5.41, 5.74) is 0.953. The number of pyridine rings is 1. The predicted octanol–water partition coefficient (Wildman–Crippen LogP) is 2.52. The highest BCUT2D eigenvalue weighted by atomic mass is 35.5. The van der Waals surface area contributed by atoms with E-state index in [1.807, 2.05) is 0 Å². The molecule has 0 spiro atoms. The first-order chi connectivity index (χ1) is 7.15. The average Bonchev–Trinajstić information content (AvgIpc) is 2.62. The van der Waals surface area contributed by atoms with E-state index in [2.05, 4.69) is 10.1 Å². The quantitative estimate of drug-likeness (QED) is 0.829. The summed E-state index contributed by atoms with van der Waals surface area (Å²) in [5, 5.41) is 14.1. The Hall–Kier alpha value is -0.850. The fraction of sp³-hybridized carbons (Fsp3) is 0.250. The van der Waals surface area contributed by atoms with Gasteiger partial charge in [0, 0.05) is 11.8 Å². The molecule has 4 nitrogen and oxygen atoms in total. The molecular weight excluding hydrogens is 241 g/mol. The third-order valence-electron chi connectivity index (χ3n) is 2.07. The third-order valence-corrected chi connectivity index (χ3v) is 2.78. The van der Waals surface area contributed by atoms with Gasteiger partial charge in [0.05, 0.1) is 23.2 Å². The van der Waals surface area contributed by atoms with Crippen LogP contribution in [-0.4, -0.2) is 19.3 Å². The second kappa shape index (κ2) is 3.96. The Bertz CT molecular complexity index is 502. The summed E-state index contributed by atoms with van der Waals surface area (Å²) in [7, 11) is 0. The van der Waals surface area contributed by atoms with E-state index in [0.29, 0.717) is 16.5 Å². The molecule has 2 rings (SSSR count). The first-order valence-corrected chi connectivity index (χ1v) is 5.19. The molecule has 0 aliphatic heterocycles. The lowest BCUT2D eigenvalue weighted by Gasteiger charge is -2.07. The molecule has 0 aliphatic carbocycles. The lowest BCUT2D eigenvalue weighted by molar-refractivity contribution is 0.200. The Kier molecular flexibility index (Phi) is 2.81. The molecule has 1 N–H and O–H groups in total. The van der Waals surface area contributed by atoms with Crippen LogP contribution >= 0.6 is 23.9 Å². The van der Waals surface area contributed by atoms with Gasteiger partial charge in [0.25, 0.3) is 0 Å². The van der Waals surface area contributed by atoms with E-state index in [9.17, 15) is 8.99 Å². The molecule has 80 valence electrons. The van der Waals surface area contributed by atoms with Crippen molar-refractivity contribution >= 4 is 34.8 Å². The monoisotopic (exact) mass is 247 g/mol. The molecule has 0 aliphatic rings. The van der Waals surface area contributed by atoms with Gasteiger partial charge in [0.2, 0.25) is 0 Å². The maximum absolute atomic E-state index is 12.5. The molecule has 0 bridgehead atoms. The summed E-state index contributed by atoms with van der Waals surface area (Å²) >= 11 is 5.78.